The fraction of sp³-hybridized carbons (Fsp3) is 0.387. The molecule has 1 heterocycles. The molecule has 0 aliphatic rings. The largest absolute Gasteiger partial charge is 0.492 e. The Kier molecular flexibility index (Phi) is 15.1. The summed E-state index contributed by atoms with van der Waals surface area (Å²) >= 11 is 0. The Bertz CT molecular complexity index is 1410. The van der Waals surface area contributed by atoms with Gasteiger partial charge < -0.3 is 36.9 Å². The van der Waals surface area contributed by atoms with Crippen molar-refractivity contribution >= 4 is 17.9 Å². The number of hydrogen-bond donors (Lipinski definition) is 5. The van der Waals surface area contributed by atoms with Gasteiger partial charge in [-0.15, -0.1) is 0 Å². The van der Waals surface area contributed by atoms with Gasteiger partial charge in [0.15, 0.2) is 12.1 Å². The molecule has 1 aromatic heterocycles. The summed E-state index contributed by atoms with van der Waals surface area (Å²) in [4.78, 5) is 42.5. The highest BCUT2D eigenvalue weighted by Crippen LogP contribution is 2.17. The fourth-order valence-electron chi connectivity index (χ4n) is 4.07. The second kappa shape index (κ2) is 18.7. The van der Waals surface area contributed by atoms with Crippen LogP contribution in [0.25, 0.3) is 11.3 Å². The molecule has 1 unspecified atom stereocenters. The van der Waals surface area contributed by atoms with E-state index in [2.05, 4.69) is 9.98 Å². The summed E-state index contributed by atoms with van der Waals surface area (Å²) in [5, 5.41) is 17.6. The Morgan fingerprint density at radius 3 is 2.27 bits per heavy atom. The molecule has 0 saturated heterocycles. The van der Waals surface area contributed by atoms with Gasteiger partial charge in [-0.3, -0.25) is 19.1 Å². The number of carboxylic acid groups (broad SMARTS) is 2. The Labute approximate surface area is 256 Å². The van der Waals surface area contributed by atoms with E-state index >= 15 is 0 Å². The van der Waals surface area contributed by atoms with E-state index in [0.717, 1.165) is 11.1 Å². The highest BCUT2D eigenvalue weighted by atomic mass is 16.5. The molecule has 13 heteroatoms. The summed E-state index contributed by atoms with van der Waals surface area (Å²) in [6.45, 7) is 5.21. The highest BCUT2D eigenvalue weighted by Gasteiger charge is 2.18. The van der Waals surface area contributed by atoms with E-state index in [9.17, 15) is 19.5 Å². The second-order valence-electron chi connectivity index (χ2n) is 9.64. The maximum Gasteiger partial charge on any atom is 0.333 e. The summed E-state index contributed by atoms with van der Waals surface area (Å²) in [7, 11) is 0. The number of aliphatic carboxylic acids is 2. The van der Waals surface area contributed by atoms with Crippen molar-refractivity contribution in [3.05, 3.63) is 82.4 Å². The van der Waals surface area contributed by atoms with Gasteiger partial charge in [-0.1, -0.05) is 49.4 Å². The van der Waals surface area contributed by atoms with Gasteiger partial charge in [-0.25, -0.2) is 9.78 Å². The summed E-state index contributed by atoms with van der Waals surface area (Å²) in [6.07, 6.45) is 1.02. The number of ether oxygens (including phenoxy) is 2. The van der Waals surface area contributed by atoms with Crippen LogP contribution in [0.1, 0.15) is 38.1 Å². The first kappa shape index (κ1) is 35.4. The molecule has 0 bridgehead atoms. The van der Waals surface area contributed by atoms with Crippen LogP contribution in [0.4, 0.5) is 0 Å². The number of benzene rings is 2. The van der Waals surface area contributed by atoms with Gasteiger partial charge in [0.1, 0.15) is 24.2 Å². The predicted molar refractivity (Wildman–Crippen MR) is 168 cm³/mol. The molecule has 0 fully saturated rings. The molecule has 3 aromatic rings. The summed E-state index contributed by atoms with van der Waals surface area (Å²) in [5.41, 5.74) is 17.7. The maximum absolute atomic E-state index is 12.7. The Morgan fingerprint density at radius 1 is 1.02 bits per heavy atom. The topological polar surface area (TPSA) is 218 Å². The van der Waals surface area contributed by atoms with Gasteiger partial charge in [-0.05, 0) is 37.5 Å². The molecule has 3 rings (SSSR count). The van der Waals surface area contributed by atoms with E-state index < -0.39 is 24.1 Å². The summed E-state index contributed by atoms with van der Waals surface area (Å²) < 4.78 is 12.7. The van der Waals surface area contributed by atoms with Crippen LogP contribution in [0.5, 0.6) is 5.75 Å². The number of carbonyl (C=O) groups is 2. The highest BCUT2D eigenvalue weighted by molar-refractivity contribution is 5.75. The SMILES string of the molecule is CCOC(Cc1ccc(OCCn2c(CC)nc(-c3ccccc3)cc2=O)cc1)C(=O)O.NC(N)=NCCC[C@H](N)C(=O)O. The smallest absolute Gasteiger partial charge is 0.333 e. The molecule has 0 spiro atoms. The number of nitrogens with zero attached hydrogens (tertiary/aromatic N) is 3. The number of hydrogen-bond acceptors (Lipinski definition) is 8. The average Bonchev–Trinajstić information content (AvgIpc) is 3.00. The van der Waals surface area contributed by atoms with E-state index in [4.69, 9.17) is 31.8 Å². The molecule has 0 radical (unpaired) electrons. The van der Waals surface area contributed by atoms with Crippen molar-refractivity contribution in [3.63, 3.8) is 0 Å². The Morgan fingerprint density at radius 2 is 1.70 bits per heavy atom. The molecular formula is C31H42N6O7. The molecule has 0 amide bonds. The van der Waals surface area contributed by atoms with Crippen LogP contribution < -0.4 is 27.5 Å². The van der Waals surface area contributed by atoms with Crippen molar-refractivity contribution in [2.45, 2.75) is 58.2 Å². The third-order valence-electron chi connectivity index (χ3n) is 6.33. The second-order valence-corrected chi connectivity index (χ2v) is 9.64. The van der Waals surface area contributed by atoms with Gasteiger partial charge in [0.05, 0.1) is 12.2 Å². The third kappa shape index (κ3) is 12.2. The Hall–Kier alpha value is -4.75. The first-order valence-electron chi connectivity index (χ1n) is 14.3. The minimum absolute atomic E-state index is 0.0129. The fourth-order valence-corrected chi connectivity index (χ4v) is 4.07. The van der Waals surface area contributed by atoms with E-state index in [1.807, 2.05) is 49.4 Å². The third-order valence-corrected chi connectivity index (χ3v) is 6.33. The number of aryl methyl sites for hydroxylation is 1. The molecule has 0 aliphatic heterocycles. The summed E-state index contributed by atoms with van der Waals surface area (Å²) in [5.74, 6) is -0.599. The lowest BCUT2D eigenvalue weighted by Gasteiger charge is -2.14. The summed E-state index contributed by atoms with van der Waals surface area (Å²) in [6, 6.07) is 17.6. The van der Waals surface area contributed by atoms with E-state index in [-0.39, 0.29) is 17.9 Å². The van der Waals surface area contributed by atoms with E-state index in [1.165, 1.54) is 0 Å². The zero-order valence-corrected chi connectivity index (χ0v) is 25.1. The van der Waals surface area contributed by atoms with E-state index in [0.29, 0.717) is 62.8 Å². The van der Waals surface area contributed by atoms with Crippen LogP contribution in [-0.2, 0) is 33.7 Å². The van der Waals surface area contributed by atoms with E-state index in [1.54, 1.807) is 29.7 Å². The van der Waals surface area contributed by atoms with Crippen molar-refractivity contribution < 1.29 is 29.3 Å². The molecule has 8 N–H and O–H groups in total. The minimum Gasteiger partial charge on any atom is -0.492 e. The number of aliphatic imine (C=N–C) groups is 1. The molecule has 2 atom stereocenters. The van der Waals surface area contributed by atoms with Crippen molar-refractivity contribution in [1.29, 1.82) is 0 Å². The first-order valence-corrected chi connectivity index (χ1v) is 14.3. The number of nitrogens with two attached hydrogens (primary N) is 3. The van der Waals surface area contributed by atoms with Gasteiger partial charge in [0, 0.05) is 37.6 Å². The number of guanidine groups is 1. The van der Waals surface area contributed by atoms with Crippen molar-refractivity contribution in [3.8, 4) is 17.0 Å². The molecule has 44 heavy (non-hydrogen) atoms. The molecule has 13 nitrogen and oxygen atoms in total. The van der Waals surface area contributed by atoms with Gasteiger partial charge >= 0.3 is 11.9 Å². The molecular weight excluding hydrogens is 568 g/mol. The van der Waals surface area contributed by atoms with Gasteiger partial charge in [-0.2, -0.15) is 0 Å². The lowest BCUT2D eigenvalue weighted by molar-refractivity contribution is -0.150. The molecule has 0 saturated carbocycles. The van der Waals surface area contributed by atoms with Crippen molar-refractivity contribution in [2.75, 3.05) is 19.8 Å². The van der Waals surface area contributed by atoms with Crippen LogP contribution >= 0.6 is 0 Å². The zero-order chi connectivity index (χ0) is 32.5. The minimum atomic E-state index is -1.00. The lowest BCUT2D eigenvalue weighted by Crippen LogP contribution is -2.30. The standard InChI is InChI=1S/C25H28N2O5.C6H14N4O2/c1-3-23-26-21(19-8-6-5-7-9-19)17-24(28)27(23)14-15-32-20-12-10-18(11-13-20)16-22(25(29)30)31-4-2;7-4(5(11)12)2-1-3-10-6(8)9/h5-13,17,22H,3-4,14-16H2,1-2H3,(H,29,30);4H,1-3,7H2,(H,11,12)(H4,8,9,10)/t;4-/m.0/s1. The Balaban J connectivity index is 0.000000477. The predicted octanol–water partition coefficient (Wildman–Crippen LogP) is 2.04. The number of aromatic nitrogens is 2. The van der Waals surface area contributed by atoms with Crippen LogP contribution in [0.3, 0.4) is 0 Å². The van der Waals surface area contributed by atoms with Crippen LogP contribution in [0.15, 0.2) is 70.5 Å². The number of rotatable bonds is 16. The van der Waals surface area contributed by atoms with Crippen LogP contribution in [0.2, 0.25) is 0 Å². The normalized spacial score (nSPS) is 11.9. The van der Waals surface area contributed by atoms with Crippen LogP contribution in [0, 0.1) is 0 Å². The zero-order valence-electron chi connectivity index (χ0n) is 25.1. The average molecular weight is 611 g/mol. The van der Waals surface area contributed by atoms with Crippen molar-refractivity contribution in [2.24, 2.45) is 22.2 Å². The van der Waals surface area contributed by atoms with Gasteiger partial charge in [0.25, 0.3) is 5.56 Å². The van der Waals surface area contributed by atoms with Crippen molar-refractivity contribution in [1.82, 2.24) is 9.55 Å². The monoisotopic (exact) mass is 610 g/mol. The maximum atomic E-state index is 12.7. The molecule has 2 aromatic carbocycles. The first-order chi connectivity index (χ1) is 21.0. The number of carboxylic acids is 2. The van der Waals surface area contributed by atoms with Gasteiger partial charge in [0.2, 0.25) is 0 Å². The molecule has 0 aliphatic carbocycles. The quantitative estimate of drug-likeness (QED) is 0.0897. The lowest BCUT2D eigenvalue weighted by atomic mass is 10.1. The van der Waals surface area contributed by atoms with Crippen LogP contribution in [-0.4, -0.2) is 69.6 Å². The molecule has 238 valence electrons.